The van der Waals surface area contributed by atoms with E-state index in [0.29, 0.717) is 5.16 Å². The minimum Gasteiger partial charge on any atom is -0.0838 e. The van der Waals surface area contributed by atoms with E-state index >= 15 is 0 Å². The summed E-state index contributed by atoms with van der Waals surface area (Å²) < 4.78 is 0. The zero-order valence-electron chi connectivity index (χ0n) is 11.9. The number of benzene rings is 2. The summed E-state index contributed by atoms with van der Waals surface area (Å²) in [4.78, 5) is 0. The predicted octanol–water partition coefficient (Wildman–Crippen LogP) is 5.76. The van der Waals surface area contributed by atoms with Gasteiger partial charge in [0.15, 0.2) is 0 Å². The van der Waals surface area contributed by atoms with Crippen LogP contribution in [-0.4, -0.2) is 5.16 Å². The molecule has 1 saturated heterocycles. The highest BCUT2D eigenvalue weighted by atomic mass is 31.1. The molecule has 1 heterocycles. The third-order valence-electron chi connectivity index (χ3n) is 3.87. The molecule has 1 heteroatoms. The van der Waals surface area contributed by atoms with E-state index in [0.717, 1.165) is 11.3 Å². The lowest BCUT2D eigenvalue weighted by atomic mass is 10.0. The molecule has 3 atom stereocenters. The van der Waals surface area contributed by atoms with Crippen molar-refractivity contribution in [3.63, 3.8) is 0 Å². The third kappa shape index (κ3) is 2.47. The van der Waals surface area contributed by atoms with Crippen LogP contribution >= 0.6 is 7.92 Å². The van der Waals surface area contributed by atoms with Crippen molar-refractivity contribution in [1.29, 1.82) is 0 Å². The van der Waals surface area contributed by atoms with E-state index in [-0.39, 0.29) is 7.92 Å². The molecule has 1 fully saturated rings. The Balaban J connectivity index is 1.95. The van der Waals surface area contributed by atoms with Gasteiger partial charge in [0.25, 0.3) is 0 Å². The van der Waals surface area contributed by atoms with Crippen molar-refractivity contribution in [2.75, 3.05) is 0 Å². The van der Waals surface area contributed by atoms with E-state index in [1.54, 1.807) is 0 Å². The summed E-state index contributed by atoms with van der Waals surface area (Å²) in [7, 11) is 0.0291. The number of hydrogen-bond donors (Lipinski definition) is 0. The molecule has 1 aliphatic heterocycles. The minimum absolute atomic E-state index is 0.0291. The van der Waals surface area contributed by atoms with E-state index in [1.807, 2.05) is 0 Å². The van der Waals surface area contributed by atoms with Crippen LogP contribution in [0.15, 0.2) is 60.7 Å². The molecule has 0 amide bonds. The standard InChI is InChI=1S/C18H21P/c1-18(2,3)19-16(14-10-6-4-7-11-14)17(19)15-12-8-5-9-13-15/h4-13,16-17H,1-3H3/t16-,17+,19?. The van der Waals surface area contributed by atoms with Crippen molar-refractivity contribution in [3.8, 4) is 0 Å². The molecule has 0 aromatic heterocycles. The molecular formula is C18H21P. The fourth-order valence-electron chi connectivity index (χ4n) is 3.05. The van der Waals surface area contributed by atoms with Gasteiger partial charge in [-0.05, 0) is 16.3 Å². The van der Waals surface area contributed by atoms with Crippen molar-refractivity contribution in [3.05, 3.63) is 71.8 Å². The Labute approximate surface area is 117 Å². The lowest BCUT2D eigenvalue weighted by Gasteiger charge is -2.19. The predicted molar refractivity (Wildman–Crippen MR) is 85.0 cm³/mol. The lowest BCUT2D eigenvalue weighted by Crippen LogP contribution is -2.05. The van der Waals surface area contributed by atoms with Crippen LogP contribution in [0, 0.1) is 0 Å². The van der Waals surface area contributed by atoms with Crippen molar-refractivity contribution >= 4 is 7.92 Å². The van der Waals surface area contributed by atoms with E-state index in [9.17, 15) is 0 Å². The van der Waals surface area contributed by atoms with Gasteiger partial charge in [0.2, 0.25) is 0 Å². The van der Waals surface area contributed by atoms with Crippen LogP contribution in [0.1, 0.15) is 43.2 Å². The molecule has 98 valence electrons. The first-order valence-corrected chi connectivity index (χ1v) is 8.45. The molecule has 3 rings (SSSR count). The molecule has 0 nitrogen and oxygen atoms in total. The fraction of sp³-hybridized carbons (Fsp3) is 0.333. The SMILES string of the molecule is CC(C)(C)P1[C@H](c2ccccc2)[C@@H]1c1ccccc1. The quantitative estimate of drug-likeness (QED) is 0.607. The van der Waals surface area contributed by atoms with Gasteiger partial charge < -0.3 is 0 Å². The summed E-state index contributed by atoms with van der Waals surface area (Å²) >= 11 is 0. The smallest absolute Gasteiger partial charge is 0.0161 e. The van der Waals surface area contributed by atoms with E-state index in [1.165, 1.54) is 11.1 Å². The first kappa shape index (κ1) is 12.9. The third-order valence-corrected chi connectivity index (χ3v) is 7.46. The van der Waals surface area contributed by atoms with Crippen molar-refractivity contribution in [2.24, 2.45) is 0 Å². The maximum atomic E-state index is 2.40. The van der Waals surface area contributed by atoms with Crippen molar-refractivity contribution < 1.29 is 0 Å². The first-order valence-electron chi connectivity index (χ1n) is 6.97. The Morgan fingerprint density at radius 1 is 0.684 bits per heavy atom. The van der Waals surface area contributed by atoms with Crippen LogP contribution in [0.3, 0.4) is 0 Å². The Morgan fingerprint density at radius 3 is 1.37 bits per heavy atom. The fourth-order valence-corrected chi connectivity index (χ4v) is 6.71. The normalized spacial score (nSPS) is 26.2. The molecular weight excluding hydrogens is 247 g/mol. The minimum atomic E-state index is 0.0291. The zero-order chi connectivity index (χ0) is 13.5. The average Bonchev–Trinajstić information content (AvgIpc) is 3.16. The molecule has 0 radical (unpaired) electrons. The molecule has 0 bridgehead atoms. The summed E-state index contributed by atoms with van der Waals surface area (Å²) in [5.41, 5.74) is 4.55. The highest BCUT2D eigenvalue weighted by molar-refractivity contribution is 7.67. The second kappa shape index (κ2) is 4.76. The number of rotatable bonds is 2. The van der Waals surface area contributed by atoms with E-state index in [4.69, 9.17) is 0 Å². The van der Waals surface area contributed by atoms with Gasteiger partial charge in [0, 0.05) is 11.3 Å². The van der Waals surface area contributed by atoms with Crippen LogP contribution in [0.4, 0.5) is 0 Å². The van der Waals surface area contributed by atoms with Crippen molar-refractivity contribution in [1.82, 2.24) is 0 Å². The van der Waals surface area contributed by atoms with Gasteiger partial charge in [0.1, 0.15) is 0 Å². The average molecular weight is 268 g/mol. The Morgan fingerprint density at radius 2 is 1.05 bits per heavy atom. The van der Waals surface area contributed by atoms with Gasteiger partial charge in [-0.25, -0.2) is 0 Å². The largest absolute Gasteiger partial charge is 0.0838 e. The molecule has 0 spiro atoms. The van der Waals surface area contributed by atoms with Gasteiger partial charge in [-0.2, -0.15) is 0 Å². The van der Waals surface area contributed by atoms with Gasteiger partial charge in [-0.1, -0.05) is 89.4 Å². The highest BCUT2D eigenvalue weighted by Crippen LogP contribution is 2.89. The Kier molecular flexibility index (Phi) is 3.23. The second-order valence-corrected chi connectivity index (χ2v) is 9.56. The van der Waals surface area contributed by atoms with Crippen LogP contribution in [0.2, 0.25) is 0 Å². The van der Waals surface area contributed by atoms with Crippen LogP contribution in [0.25, 0.3) is 0 Å². The Hall–Kier alpha value is -1.13. The monoisotopic (exact) mass is 268 g/mol. The van der Waals surface area contributed by atoms with Gasteiger partial charge in [-0.15, -0.1) is 0 Å². The first-order chi connectivity index (χ1) is 9.09. The van der Waals surface area contributed by atoms with Crippen LogP contribution < -0.4 is 0 Å². The van der Waals surface area contributed by atoms with Crippen LogP contribution in [-0.2, 0) is 0 Å². The topological polar surface area (TPSA) is 0 Å². The molecule has 1 aliphatic rings. The number of hydrogen-bond acceptors (Lipinski definition) is 0. The lowest BCUT2D eigenvalue weighted by molar-refractivity contribution is 0.791. The Bertz CT molecular complexity index is 493. The van der Waals surface area contributed by atoms with Crippen molar-refractivity contribution in [2.45, 2.75) is 37.2 Å². The van der Waals surface area contributed by atoms with E-state index in [2.05, 4.69) is 81.4 Å². The summed E-state index contributed by atoms with van der Waals surface area (Å²) in [5, 5.41) is 0.427. The summed E-state index contributed by atoms with van der Waals surface area (Å²) in [5.74, 6) is 0. The molecule has 2 aromatic carbocycles. The second-order valence-electron chi connectivity index (χ2n) is 6.29. The maximum Gasteiger partial charge on any atom is 0.0161 e. The molecule has 1 unspecified atom stereocenters. The van der Waals surface area contributed by atoms with Gasteiger partial charge in [-0.3, -0.25) is 0 Å². The molecule has 0 N–H and O–H groups in total. The maximum absolute atomic E-state index is 2.40. The molecule has 0 saturated carbocycles. The molecule has 19 heavy (non-hydrogen) atoms. The zero-order valence-corrected chi connectivity index (χ0v) is 12.8. The summed E-state index contributed by atoms with van der Waals surface area (Å²) in [6.07, 6.45) is 0. The van der Waals surface area contributed by atoms with Gasteiger partial charge >= 0.3 is 0 Å². The summed E-state index contributed by atoms with van der Waals surface area (Å²) in [6, 6.07) is 22.1. The molecule has 0 aliphatic carbocycles. The molecule has 2 aromatic rings. The van der Waals surface area contributed by atoms with Crippen LogP contribution in [0.5, 0.6) is 0 Å². The summed E-state index contributed by atoms with van der Waals surface area (Å²) in [6.45, 7) is 7.20. The highest BCUT2D eigenvalue weighted by Gasteiger charge is 2.56. The van der Waals surface area contributed by atoms with Gasteiger partial charge in [0.05, 0.1) is 0 Å². The van der Waals surface area contributed by atoms with E-state index < -0.39 is 0 Å².